The number of hydrogen-bond donors (Lipinski definition) is 0. The summed E-state index contributed by atoms with van der Waals surface area (Å²) in [4.78, 5) is 13.7. The van der Waals surface area contributed by atoms with E-state index in [1.54, 1.807) is 0 Å². The SMILES string of the molecule is O=C([N-]c1ccccn1)C(F)(F)F.[Na+]. The van der Waals surface area contributed by atoms with E-state index >= 15 is 0 Å². The number of carbonyl (C=O) groups is 1. The zero-order valence-corrected chi connectivity index (χ0v) is 9.25. The fraction of sp³-hybridized carbons (Fsp3) is 0.143. The summed E-state index contributed by atoms with van der Waals surface area (Å²) in [5.41, 5.74) is 0. The van der Waals surface area contributed by atoms with E-state index in [0.717, 1.165) is 0 Å². The first-order chi connectivity index (χ1) is 6.00. The fourth-order valence-electron chi connectivity index (χ4n) is 0.587. The van der Waals surface area contributed by atoms with E-state index in [1.165, 1.54) is 24.4 Å². The average molecular weight is 212 g/mol. The number of alkyl halides is 3. The number of halogens is 3. The molecule has 1 rings (SSSR count). The number of pyridine rings is 1. The molecule has 1 aromatic heterocycles. The Hall–Kier alpha value is -0.590. The van der Waals surface area contributed by atoms with Gasteiger partial charge in [0.25, 0.3) is 5.91 Å². The molecule has 1 heterocycles. The number of rotatable bonds is 1. The first-order valence-electron chi connectivity index (χ1n) is 3.24. The van der Waals surface area contributed by atoms with Gasteiger partial charge in [0, 0.05) is 0 Å². The quantitative estimate of drug-likeness (QED) is 0.571. The van der Waals surface area contributed by atoms with Crippen LogP contribution in [0.5, 0.6) is 0 Å². The van der Waals surface area contributed by atoms with Crippen LogP contribution in [-0.2, 0) is 4.79 Å². The molecular weight excluding hydrogens is 208 g/mol. The molecule has 70 valence electrons. The Bertz CT molecular complexity index is 302. The zero-order chi connectivity index (χ0) is 9.90. The maximum absolute atomic E-state index is 11.7. The third-order valence-electron chi connectivity index (χ3n) is 1.11. The molecule has 0 aliphatic rings. The van der Waals surface area contributed by atoms with Crippen molar-refractivity contribution in [2.45, 2.75) is 6.18 Å². The van der Waals surface area contributed by atoms with Gasteiger partial charge in [-0.15, -0.1) is 0 Å². The van der Waals surface area contributed by atoms with Crippen molar-refractivity contribution in [2.24, 2.45) is 0 Å². The molecule has 3 nitrogen and oxygen atoms in total. The van der Waals surface area contributed by atoms with E-state index in [2.05, 4.69) is 10.3 Å². The molecule has 0 bridgehead atoms. The molecular formula is C7H4F3N2NaO. The molecule has 1 amide bonds. The van der Waals surface area contributed by atoms with Crippen molar-refractivity contribution >= 4 is 11.7 Å². The summed E-state index contributed by atoms with van der Waals surface area (Å²) in [6.45, 7) is 0. The molecule has 0 saturated carbocycles. The second-order valence-electron chi connectivity index (χ2n) is 2.10. The van der Waals surface area contributed by atoms with Crippen LogP contribution < -0.4 is 29.6 Å². The number of aromatic nitrogens is 1. The minimum atomic E-state index is -4.93. The summed E-state index contributed by atoms with van der Waals surface area (Å²) in [6.07, 6.45) is -3.68. The summed E-state index contributed by atoms with van der Waals surface area (Å²) in [5, 5.41) is 2.76. The minimum Gasteiger partial charge on any atom is -0.443 e. The maximum atomic E-state index is 11.7. The summed E-state index contributed by atoms with van der Waals surface area (Å²) < 4.78 is 35.0. The molecule has 0 aromatic carbocycles. The smallest absolute Gasteiger partial charge is 0.443 e. The van der Waals surface area contributed by atoms with Gasteiger partial charge in [-0.1, -0.05) is 30.2 Å². The van der Waals surface area contributed by atoms with Gasteiger partial charge >= 0.3 is 35.7 Å². The van der Waals surface area contributed by atoms with Gasteiger partial charge in [-0.25, -0.2) is 0 Å². The summed E-state index contributed by atoms with van der Waals surface area (Å²) in [7, 11) is 0. The van der Waals surface area contributed by atoms with E-state index in [1.807, 2.05) is 0 Å². The first-order valence-corrected chi connectivity index (χ1v) is 3.24. The van der Waals surface area contributed by atoms with Gasteiger partial charge in [-0.2, -0.15) is 13.2 Å². The molecule has 0 spiro atoms. The van der Waals surface area contributed by atoms with Crippen LogP contribution in [0.4, 0.5) is 19.0 Å². The average Bonchev–Trinajstić information content (AvgIpc) is 2.04. The Morgan fingerprint density at radius 2 is 2.00 bits per heavy atom. The van der Waals surface area contributed by atoms with Crippen molar-refractivity contribution < 1.29 is 47.5 Å². The summed E-state index contributed by atoms with van der Waals surface area (Å²) in [5.74, 6) is -2.39. The van der Waals surface area contributed by atoms with Gasteiger partial charge in [-0.3, -0.25) is 4.79 Å². The van der Waals surface area contributed by atoms with E-state index in [-0.39, 0.29) is 35.4 Å². The topological polar surface area (TPSA) is 44.1 Å². The Morgan fingerprint density at radius 3 is 2.43 bits per heavy atom. The van der Waals surface area contributed by atoms with Crippen LogP contribution >= 0.6 is 0 Å². The predicted octanol–water partition coefficient (Wildman–Crippen LogP) is -0.820. The van der Waals surface area contributed by atoms with E-state index < -0.39 is 12.1 Å². The van der Waals surface area contributed by atoms with Gasteiger partial charge in [0.15, 0.2) is 0 Å². The van der Waals surface area contributed by atoms with E-state index in [0.29, 0.717) is 0 Å². The molecule has 0 unspecified atom stereocenters. The molecule has 14 heavy (non-hydrogen) atoms. The van der Waals surface area contributed by atoms with Crippen LogP contribution in [0, 0.1) is 0 Å². The zero-order valence-electron chi connectivity index (χ0n) is 7.25. The Labute approximate surface area is 100 Å². The molecule has 0 saturated heterocycles. The van der Waals surface area contributed by atoms with Crippen molar-refractivity contribution in [3.05, 3.63) is 29.7 Å². The molecule has 7 heteroatoms. The Balaban J connectivity index is 0.00000169. The van der Waals surface area contributed by atoms with E-state index in [9.17, 15) is 18.0 Å². The third-order valence-corrected chi connectivity index (χ3v) is 1.11. The molecule has 0 aliphatic carbocycles. The van der Waals surface area contributed by atoms with Crippen molar-refractivity contribution in [2.75, 3.05) is 0 Å². The van der Waals surface area contributed by atoms with E-state index in [4.69, 9.17) is 0 Å². The van der Waals surface area contributed by atoms with Gasteiger partial charge in [0.1, 0.15) is 0 Å². The van der Waals surface area contributed by atoms with Crippen molar-refractivity contribution in [1.82, 2.24) is 4.98 Å². The van der Waals surface area contributed by atoms with Crippen LogP contribution in [0.2, 0.25) is 0 Å². The van der Waals surface area contributed by atoms with Crippen molar-refractivity contribution in [1.29, 1.82) is 0 Å². The number of nitrogens with zero attached hydrogens (tertiary/aromatic N) is 2. The van der Waals surface area contributed by atoms with Gasteiger partial charge in [-0.05, 0) is 0 Å². The van der Waals surface area contributed by atoms with Crippen LogP contribution in [-0.4, -0.2) is 17.1 Å². The predicted molar refractivity (Wildman–Crippen MR) is 38.3 cm³/mol. The third kappa shape index (κ3) is 4.08. The largest absolute Gasteiger partial charge is 1.00 e. The number of carbonyl (C=O) groups excluding carboxylic acids is 1. The normalized spacial score (nSPS) is 10.2. The molecule has 0 aliphatic heterocycles. The Kier molecular flexibility index (Phi) is 5.11. The molecule has 0 atom stereocenters. The van der Waals surface area contributed by atoms with Gasteiger partial charge < -0.3 is 10.3 Å². The second kappa shape index (κ2) is 5.33. The van der Waals surface area contributed by atoms with Crippen LogP contribution in [0.3, 0.4) is 0 Å². The van der Waals surface area contributed by atoms with Crippen LogP contribution in [0.1, 0.15) is 0 Å². The van der Waals surface area contributed by atoms with Crippen molar-refractivity contribution in [3.63, 3.8) is 0 Å². The maximum Gasteiger partial charge on any atom is 1.00 e. The van der Waals surface area contributed by atoms with Gasteiger partial charge in [0.2, 0.25) is 0 Å². The van der Waals surface area contributed by atoms with Crippen LogP contribution in [0.15, 0.2) is 24.4 Å². The monoisotopic (exact) mass is 212 g/mol. The van der Waals surface area contributed by atoms with Crippen LogP contribution in [0.25, 0.3) is 5.32 Å². The van der Waals surface area contributed by atoms with Crippen molar-refractivity contribution in [3.8, 4) is 0 Å². The molecule has 0 radical (unpaired) electrons. The first kappa shape index (κ1) is 13.4. The molecule has 1 aromatic rings. The number of hydrogen-bond acceptors (Lipinski definition) is 2. The second-order valence-corrected chi connectivity index (χ2v) is 2.10. The molecule has 0 N–H and O–H groups in total. The Morgan fingerprint density at radius 1 is 1.36 bits per heavy atom. The summed E-state index contributed by atoms with van der Waals surface area (Å²) in [6, 6.07) is 4.16. The van der Waals surface area contributed by atoms with Gasteiger partial charge in [0.05, 0.1) is 0 Å². The minimum absolute atomic E-state index is 0. The summed E-state index contributed by atoms with van der Waals surface area (Å²) >= 11 is 0. The number of amides is 1. The fourth-order valence-corrected chi connectivity index (χ4v) is 0.587. The molecule has 0 fully saturated rings. The standard InChI is InChI=1S/C7H5F3N2O.Na/c8-7(9,10)6(13)12-5-3-1-2-4-11-5;/h1-4H,(H,11,12,13);/q;+1/p-1.